The van der Waals surface area contributed by atoms with E-state index in [-0.39, 0.29) is 6.42 Å². The molecule has 0 aliphatic carbocycles. The van der Waals surface area contributed by atoms with E-state index in [1.807, 2.05) is 13.8 Å². The van der Waals surface area contributed by atoms with Crippen molar-refractivity contribution in [3.8, 4) is 0 Å². The van der Waals surface area contributed by atoms with Crippen LogP contribution < -0.4 is 0 Å². The highest BCUT2D eigenvalue weighted by Crippen LogP contribution is 2.09. The first-order chi connectivity index (χ1) is 8.02. The predicted octanol–water partition coefficient (Wildman–Crippen LogP) is 1.72. The number of ether oxygens (including phenoxy) is 1. The van der Waals surface area contributed by atoms with Crippen LogP contribution in [-0.2, 0) is 14.3 Å². The maximum Gasteiger partial charge on any atom is 0.345 e. The van der Waals surface area contributed by atoms with Crippen LogP contribution in [0.1, 0.15) is 52.4 Å². The summed E-state index contributed by atoms with van der Waals surface area (Å²) in [5.74, 6) is -1.99. The number of carbonyl (C=O) groups is 2. The van der Waals surface area contributed by atoms with Crippen LogP contribution in [0.2, 0.25) is 0 Å². The Morgan fingerprint density at radius 3 is 2.12 bits per heavy atom. The smallest absolute Gasteiger partial charge is 0.345 e. The van der Waals surface area contributed by atoms with E-state index in [1.54, 1.807) is 0 Å². The molecule has 0 radical (unpaired) electrons. The summed E-state index contributed by atoms with van der Waals surface area (Å²) in [4.78, 5) is 22.2. The normalized spacial score (nSPS) is 14.1. The maximum absolute atomic E-state index is 11.4. The molecule has 0 aromatic carbocycles. The third-order valence-electron chi connectivity index (χ3n) is 2.46. The molecule has 0 aromatic rings. The number of aliphatic hydroxyl groups is 1. The summed E-state index contributed by atoms with van der Waals surface area (Å²) in [6.45, 7) is 3.87. The molecule has 0 saturated heterocycles. The van der Waals surface area contributed by atoms with Crippen molar-refractivity contribution in [2.45, 2.75) is 64.6 Å². The lowest BCUT2D eigenvalue weighted by Crippen LogP contribution is -2.32. The molecule has 2 unspecified atom stereocenters. The van der Waals surface area contributed by atoms with E-state index in [0.29, 0.717) is 19.3 Å². The summed E-state index contributed by atoms with van der Waals surface area (Å²) in [7, 11) is 0. The van der Waals surface area contributed by atoms with Crippen molar-refractivity contribution in [1.82, 2.24) is 0 Å². The first-order valence-corrected chi connectivity index (χ1v) is 6.14. The highest BCUT2D eigenvalue weighted by molar-refractivity contribution is 5.80. The summed E-state index contributed by atoms with van der Waals surface area (Å²) < 4.78 is 4.78. The fourth-order valence-electron chi connectivity index (χ4n) is 1.36. The van der Waals surface area contributed by atoms with E-state index in [0.717, 1.165) is 12.8 Å². The molecule has 5 nitrogen and oxygen atoms in total. The van der Waals surface area contributed by atoms with Gasteiger partial charge in [0.2, 0.25) is 0 Å². The van der Waals surface area contributed by atoms with Gasteiger partial charge in [0.15, 0.2) is 12.2 Å². The van der Waals surface area contributed by atoms with E-state index in [9.17, 15) is 14.7 Å². The van der Waals surface area contributed by atoms with Gasteiger partial charge in [0.25, 0.3) is 0 Å². The average molecular weight is 246 g/mol. The van der Waals surface area contributed by atoms with Gasteiger partial charge in [-0.3, -0.25) is 0 Å². The highest BCUT2D eigenvalue weighted by Gasteiger charge is 2.25. The number of carboxylic acid groups (broad SMARTS) is 1. The standard InChI is InChI=1S/C12H22O5/c1-3-5-7-9(13)12(16)17-10(11(14)15)8-6-4-2/h9-10,13H,3-8H2,1-2H3,(H,14,15). The first kappa shape index (κ1) is 15.9. The van der Waals surface area contributed by atoms with Gasteiger partial charge in [-0.15, -0.1) is 0 Å². The van der Waals surface area contributed by atoms with Crippen molar-refractivity contribution in [3.63, 3.8) is 0 Å². The Kier molecular flexibility index (Phi) is 8.40. The Morgan fingerprint density at radius 2 is 1.65 bits per heavy atom. The van der Waals surface area contributed by atoms with Gasteiger partial charge in [-0.25, -0.2) is 9.59 Å². The second-order valence-electron chi connectivity index (χ2n) is 4.06. The summed E-state index contributed by atoms with van der Waals surface area (Å²) in [5, 5.41) is 18.3. The molecule has 0 fully saturated rings. The van der Waals surface area contributed by atoms with Crippen LogP contribution in [-0.4, -0.2) is 34.4 Å². The molecule has 0 heterocycles. The van der Waals surface area contributed by atoms with Gasteiger partial charge in [-0.05, 0) is 19.3 Å². The van der Waals surface area contributed by atoms with Gasteiger partial charge < -0.3 is 14.9 Å². The Labute approximate surface area is 102 Å². The second-order valence-corrected chi connectivity index (χ2v) is 4.06. The number of aliphatic hydroxyl groups excluding tert-OH is 1. The van der Waals surface area contributed by atoms with Crippen LogP contribution in [0.25, 0.3) is 0 Å². The zero-order valence-electron chi connectivity index (χ0n) is 10.5. The van der Waals surface area contributed by atoms with E-state index in [2.05, 4.69) is 0 Å². The number of hydrogen-bond acceptors (Lipinski definition) is 4. The topological polar surface area (TPSA) is 83.8 Å². The lowest BCUT2D eigenvalue weighted by molar-refractivity contribution is -0.170. The van der Waals surface area contributed by atoms with Crippen molar-refractivity contribution >= 4 is 11.9 Å². The van der Waals surface area contributed by atoms with Gasteiger partial charge in [0.1, 0.15) is 0 Å². The largest absolute Gasteiger partial charge is 0.479 e. The quantitative estimate of drug-likeness (QED) is 0.605. The highest BCUT2D eigenvalue weighted by atomic mass is 16.6. The predicted molar refractivity (Wildman–Crippen MR) is 62.6 cm³/mol. The molecule has 2 N–H and O–H groups in total. The lowest BCUT2D eigenvalue weighted by Gasteiger charge is -2.16. The molecule has 0 bridgehead atoms. The van der Waals surface area contributed by atoms with Crippen LogP contribution in [0, 0.1) is 0 Å². The number of aliphatic carboxylic acids is 1. The fraction of sp³-hybridized carbons (Fsp3) is 0.833. The molecule has 5 heteroatoms. The zero-order valence-corrected chi connectivity index (χ0v) is 10.5. The molecule has 0 rings (SSSR count). The molecule has 0 aliphatic rings. The molecule has 0 amide bonds. The van der Waals surface area contributed by atoms with Crippen molar-refractivity contribution < 1.29 is 24.5 Å². The minimum atomic E-state index is -1.21. The minimum absolute atomic E-state index is 0.290. The third-order valence-corrected chi connectivity index (χ3v) is 2.46. The van der Waals surface area contributed by atoms with Gasteiger partial charge in [-0.1, -0.05) is 33.1 Å². The Bertz CT molecular complexity index is 239. The molecule has 17 heavy (non-hydrogen) atoms. The lowest BCUT2D eigenvalue weighted by atomic mass is 10.1. The summed E-state index contributed by atoms with van der Waals surface area (Å²) >= 11 is 0. The Balaban J connectivity index is 4.15. The Morgan fingerprint density at radius 1 is 1.12 bits per heavy atom. The third kappa shape index (κ3) is 6.94. The van der Waals surface area contributed by atoms with Crippen molar-refractivity contribution in [1.29, 1.82) is 0 Å². The van der Waals surface area contributed by atoms with Crippen molar-refractivity contribution in [3.05, 3.63) is 0 Å². The number of carbonyl (C=O) groups excluding carboxylic acids is 1. The SMILES string of the molecule is CCCCC(O)C(=O)OC(CCCC)C(=O)O. The molecule has 0 saturated carbocycles. The van der Waals surface area contributed by atoms with Crippen LogP contribution in [0.5, 0.6) is 0 Å². The summed E-state index contributed by atoms with van der Waals surface area (Å²) in [6, 6.07) is 0. The maximum atomic E-state index is 11.4. The summed E-state index contributed by atoms with van der Waals surface area (Å²) in [5.41, 5.74) is 0. The van der Waals surface area contributed by atoms with E-state index < -0.39 is 24.1 Å². The van der Waals surface area contributed by atoms with Gasteiger partial charge in [-0.2, -0.15) is 0 Å². The first-order valence-electron chi connectivity index (χ1n) is 6.14. The molecular weight excluding hydrogens is 224 g/mol. The van der Waals surface area contributed by atoms with Crippen molar-refractivity contribution in [2.24, 2.45) is 0 Å². The zero-order chi connectivity index (χ0) is 13.3. The molecule has 0 aromatic heterocycles. The van der Waals surface area contributed by atoms with E-state index in [1.165, 1.54) is 0 Å². The number of carboxylic acids is 1. The summed E-state index contributed by atoms with van der Waals surface area (Å²) in [6.07, 6.45) is 1.34. The van der Waals surface area contributed by atoms with Crippen LogP contribution in [0.3, 0.4) is 0 Å². The second kappa shape index (κ2) is 8.98. The minimum Gasteiger partial charge on any atom is -0.479 e. The Hall–Kier alpha value is -1.10. The number of unbranched alkanes of at least 4 members (excludes halogenated alkanes) is 2. The number of esters is 1. The number of hydrogen-bond donors (Lipinski definition) is 2. The van der Waals surface area contributed by atoms with Crippen LogP contribution >= 0.6 is 0 Å². The van der Waals surface area contributed by atoms with Gasteiger partial charge in [0.05, 0.1) is 0 Å². The van der Waals surface area contributed by atoms with Gasteiger partial charge in [0, 0.05) is 0 Å². The van der Waals surface area contributed by atoms with Gasteiger partial charge >= 0.3 is 11.9 Å². The molecular formula is C12H22O5. The van der Waals surface area contributed by atoms with E-state index in [4.69, 9.17) is 9.84 Å². The molecule has 2 atom stereocenters. The molecule has 0 spiro atoms. The van der Waals surface area contributed by atoms with E-state index >= 15 is 0 Å². The average Bonchev–Trinajstić information content (AvgIpc) is 2.30. The molecule has 100 valence electrons. The molecule has 0 aliphatic heterocycles. The number of rotatable bonds is 9. The fourth-order valence-corrected chi connectivity index (χ4v) is 1.36. The van der Waals surface area contributed by atoms with Crippen molar-refractivity contribution in [2.75, 3.05) is 0 Å². The monoisotopic (exact) mass is 246 g/mol. The van der Waals surface area contributed by atoms with Crippen LogP contribution in [0.4, 0.5) is 0 Å². The van der Waals surface area contributed by atoms with Crippen LogP contribution in [0.15, 0.2) is 0 Å².